The van der Waals surface area contributed by atoms with Crippen LogP contribution in [-0.2, 0) is 16.0 Å². The van der Waals surface area contributed by atoms with Crippen molar-refractivity contribution in [1.29, 1.82) is 0 Å². The molecule has 2 aromatic rings. The van der Waals surface area contributed by atoms with Crippen molar-refractivity contribution >= 4 is 11.6 Å². The van der Waals surface area contributed by atoms with E-state index in [1.54, 1.807) is 6.92 Å². The van der Waals surface area contributed by atoms with Crippen LogP contribution >= 0.6 is 0 Å². The summed E-state index contributed by atoms with van der Waals surface area (Å²) in [5.74, 6) is -0.154. The lowest BCUT2D eigenvalue weighted by molar-refractivity contribution is -0.126. The molecule has 0 unspecified atom stereocenters. The minimum Gasteiger partial charge on any atom is -0.388 e. The molecule has 2 aromatic carbocycles. The molecule has 0 saturated heterocycles. The van der Waals surface area contributed by atoms with Crippen LogP contribution in [-0.4, -0.2) is 23.7 Å². The molecule has 24 heavy (non-hydrogen) atoms. The number of hydrogen-bond donors (Lipinski definition) is 2. The van der Waals surface area contributed by atoms with E-state index >= 15 is 0 Å². The van der Waals surface area contributed by atoms with E-state index in [9.17, 15) is 9.90 Å². The summed E-state index contributed by atoms with van der Waals surface area (Å²) in [6.45, 7) is 4.10. The third-order valence-corrected chi connectivity index (χ3v) is 3.87. The summed E-state index contributed by atoms with van der Waals surface area (Å²) in [5, 5.41) is 13.1. The zero-order chi connectivity index (χ0) is 17.4. The maximum atomic E-state index is 12.0. The molecule has 1 amide bonds. The molecule has 4 heteroatoms. The molecule has 0 spiro atoms. The standard InChI is InChI=1S/C20H25NO3/c1-3-24-15(2)20(23)21-18-11-7-8-16(14-18)12-13-19(22)17-9-5-4-6-10-17/h4-11,14-15,19,22H,3,12-13H2,1-2H3,(H,21,23)/t15-,19-/m0/s1. The van der Waals surface area contributed by atoms with Gasteiger partial charge in [-0.1, -0.05) is 42.5 Å². The topological polar surface area (TPSA) is 58.6 Å². The van der Waals surface area contributed by atoms with E-state index in [1.165, 1.54) is 0 Å². The van der Waals surface area contributed by atoms with Gasteiger partial charge in [0.2, 0.25) is 0 Å². The van der Waals surface area contributed by atoms with Crippen LogP contribution in [0.3, 0.4) is 0 Å². The summed E-state index contributed by atoms with van der Waals surface area (Å²) in [6, 6.07) is 17.3. The Balaban J connectivity index is 1.92. The Morgan fingerprint density at radius 3 is 2.62 bits per heavy atom. The van der Waals surface area contributed by atoms with Crippen LogP contribution in [0, 0.1) is 0 Å². The van der Waals surface area contributed by atoms with Gasteiger partial charge in [-0.25, -0.2) is 0 Å². The summed E-state index contributed by atoms with van der Waals surface area (Å²) < 4.78 is 5.29. The molecule has 0 bridgehead atoms. The molecule has 2 N–H and O–H groups in total. The number of carbonyl (C=O) groups excluding carboxylic acids is 1. The van der Waals surface area contributed by atoms with Crippen molar-refractivity contribution in [3.8, 4) is 0 Å². The highest BCUT2D eigenvalue weighted by molar-refractivity contribution is 5.93. The largest absolute Gasteiger partial charge is 0.388 e. The molecule has 2 rings (SSSR count). The molecule has 0 aliphatic rings. The van der Waals surface area contributed by atoms with Crippen LogP contribution in [0.15, 0.2) is 54.6 Å². The van der Waals surface area contributed by atoms with Gasteiger partial charge in [0.25, 0.3) is 5.91 Å². The average molecular weight is 327 g/mol. The Morgan fingerprint density at radius 2 is 1.92 bits per heavy atom. The fraction of sp³-hybridized carbons (Fsp3) is 0.350. The van der Waals surface area contributed by atoms with Crippen molar-refractivity contribution in [1.82, 2.24) is 0 Å². The van der Waals surface area contributed by atoms with Crippen LogP contribution in [0.1, 0.15) is 37.5 Å². The lowest BCUT2D eigenvalue weighted by Crippen LogP contribution is -2.27. The van der Waals surface area contributed by atoms with Crippen LogP contribution in [0.4, 0.5) is 5.69 Å². The Morgan fingerprint density at radius 1 is 1.17 bits per heavy atom. The second kappa shape index (κ2) is 9.21. The van der Waals surface area contributed by atoms with Crippen molar-refractivity contribution in [2.24, 2.45) is 0 Å². The van der Waals surface area contributed by atoms with E-state index in [4.69, 9.17) is 4.74 Å². The Bertz CT molecular complexity index is 642. The van der Waals surface area contributed by atoms with Crippen LogP contribution in [0.5, 0.6) is 0 Å². The van der Waals surface area contributed by atoms with E-state index < -0.39 is 12.2 Å². The lowest BCUT2D eigenvalue weighted by Gasteiger charge is -2.14. The summed E-state index contributed by atoms with van der Waals surface area (Å²) >= 11 is 0. The molecule has 128 valence electrons. The fourth-order valence-corrected chi connectivity index (χ4v) is 2.52. The first kappa shape index (κ1) is 18.2. The maximum absolute atomic E-state index is 12.0. The van der Waals surface area contributed by atoms with Gasteiger partial charge >= 0.3 is 0 Å². The molecule has 4 nitrogen and oxygen atoms in total. The molecule has 2 atom stereocenters. The normalized spacial score (nSPS) is 13.3. The zero-order valence-electron chi connectivity index (χ0n) is 14.2. The highest BCUT2D eigenvalue weighted by Gasteiger charge is 2.13. The highest BCUT2D eigenvalue weighted by atomic mass is 16.5. The molecular weight excluding hydrogens is 302 g/mol. The highest BCUT2D eigenvalue weighted by Crippen LogP contribution is 2.20. The number of anilines is 1. The van der Waals surface area contributed by atoms with E-state index in [-0.39, 0.29) is 5.91 Å². The Labute approximate surface area is 143 Å². The van der Waals surface area contributed by atoms with Crippen molar-refractivity contribution in [2.75, 3.05) is 11.9 Å². The molecule has 0 radical (unpaired) electrons. The first-order chi connectivity index (χ1) is 11.6. The summed E-state index contributed by atoms with van der Waals surface area (Å²) in [4.78, 5) is 12.0. The number of rotatable bonds is 8. The predicted molar refractivity (Wildman–Crippen MR) is 95.9 cm³/mol. The van der Waals surface area contributed by atoms with Crippen molar-refractivity contribution in [2.45, 2.75) is 38.9 Å². The number of hydrogen-bond acceptors (Lipinski definition) is 3. The number of aryl methyl sites for hydroxylation is 1. The van der Waals surface area contributed by atoms with Gasteiger partial charge in [-0.15, -0.1) is 0 Å². The molecular formula is C20H25NO3. The quantitative estimate of drug-likeness (QED) is 0.777. The first-order valence-electron chi connectivity index (χ1n) is 8.34. The number of aliphatic hydroxyl groups excluding tert-OH is 1. The van der Waals surface area contributed by atoms with Crippen molar-refractivity contribution < 1.29 is 14.6 Å². The minimum atomic E-state index is -0.484. The lowest BCUT2D eigenvalue weighted by atomic mass is 10.0. The molecule has 0 heterocycles. The minimum absolute atomic E-state index is 0.154. The van der Waals surface area contributed by atoms with E-state index in [0.29, 0.717) is 13.0 Å². The monoisotopic (exact) mass is 327 g/mol. The molecule has 0 aliphatic heterocycles. The average Bonchev–Trinajstić information content (AvgIpc) is 2.61. The second-order valence-corrected chi connectivity index (χ2v) is 5.75. The van der Waals surface area contributed by atoms with E-state index in [0.717, 1.165) is 23.2 Å². The zero-order valence-corrected chi connectivity index (χ0v) is 14.2. The third-order valence-electron chi connectivity index (χ3n) is 3.87. The first-order valence-corrected chi connectivity index (χ1v) is 8.34. The third kappa shape index (κ3) is 5.48. The van der Waals surface area contributed by atoms with Crippen LogP contribution < -0.4 is 5.32 Å². The molecule has 0 saturated carbocycles. The van der Waals surface area contributed by atoms with Gasteiger partial charge in [0, 0.05) is 12.3 Å². The molecule has 0 fully saturated rings. The number of ether oxygens (including phenoxy) is 1. The van der Waals surface area contributed by atoms with Crippen molar-refractivity contribution in [3.63, 3.8) is 0 Å². The smallest absolute Gasteiger partial charge is 0.253 e. The van der Waals surface area contributed by atoms with Gasteiger partial charge in [0.15, 0.2) is 0 Å². The molecule has 0 aromatic heterocycles. The Kier molecular flexibility index (Phi) is 6.97. The van der Waals surface area contributed by atoms with Gasteiger partial charge in [0.1, 0.15) is 6.10 Å². The van der Waals surface area contributed by atoms with Crippen molar-refractivity contribution in [3.05, 3.63) is 65.7 Å². The number of amides is 1. The van der Waals surface area contributed by atoms with E-state index in [2.05, 4.69) is 5.32 Å². The van der Waals surface area contributed by atoms with Gasteiger partial charge in [-0.05, 0) is 49.9 Å². The number of benzene rings is 2. The molecule has 0 aliphatic carbocycles. The maximum Gasteiger partial charge on any atom is 0.253 e. The van der Waals surface area contributed by atoms with Crippen LogP contribution in [0.25, 0.3) is 0 Å². The van der Waals surface area contributed by atoms with Gasteiger partial charge in [0.05, 0.1) is 6.10 Å². The SMILES string of the molecule is CCO[C@@H](C)C(=O)Nc1cccc(CC[C@H](O)c2ccccc2)c1. The number of nitrogens with one attached hydrogen (secondary N) is 1. The Hall–Kier alpha value is -2.17. The van der Waals surface area contributed by atoms with Gasteiger partial charge in [-0.3, -0.25) is 4.79 Å². The van der Waals surface area contributed by atoms with Crippen LogP contribution in [0.2, 0.25) is 0 Å². The predicted octanol–water partition coefficient (Wildman–Crippen LogP) is 3.72. The summed E-state index contributed by atoms with van der Waals surface area (Å²) in [5.41, 5.74) is 2.75. The van der Waals surface area contributed by atoms with Gasteiger partial charge < -0.3 is 15.2 Å². The number of aliphatic hydroxyl groups is 1. The summed E-state index contributed by atoms with van der Waals surface area (Å²) in [6.07, 6.45) is 0.415. The number of carbonyl (C=O) groups is 1. The van der Waals surface area contributed by atoms with E-state index in [1.807, 2.05) is 61.5 Å². The summed E-state index contributed by atoms with van der Waals surface area (Å²) in [7, 11) is 0. The fourth-order valence-electron chi connectivity index (χ4n) is 2.52. The van der Waals surface area contributed by atoms with Gasteiger partial charge in [-0.2, -0.15) is 0 Å². The second-order valence-electron chi connectivity index (χ2n) is 5.75.